The van der Waals surface area contributed by atoms with Crippen LogP contribution in [0.5, 0.6) is 0 Å². The number of benzene rings is 1. The molecule has 0 atom stereocenters. The van der Waals surface area contributed by atoms with E-state index in [0.29, 0.717) is 12.2 Å². The van der Waals surface area contributed by atoms with Crippen molar-refractivity contribution in [3.63, 3.8) is 0 Å². The summed E-state index contributed by atoms with van der Waals surface area (Å²) in [6.45, 7) is 1.72. The van der Waals surface area contributed by atoms with Crippen LogP contribution in [0.25, 0.3) is 0 Å². The van der Waals surface area contributed by atoms with Crippen molar-refractivity contribution >= 4 is 23.3 Å². The van der Waals surface area contributed by atoms with Crippen molar-refractivity contribution < 1.29 is 14.4 Å². The molecule has 1 aromatic rings. The van der Waals surface area contributed by atoms with E-state index >= 15 is 0 Å². The standard InChI is InChI=1S/C13H14N2O3/c1-8(16)4-12(17)15-11-3-2-9(7-14)5-10(11)6-13(15)18/h2-3,5H,4,6-7,14H2,1H3. The fourth-order valence-corrected chi connectivity index (χ4v) is 2.07. The van der Waals surface area contributed by atoms with Crippen LogP contribution in [-0.2, 0) is 27.3 Å². The first-order valence-corrected chi connectivity index (χ1v) is 5.70. The van der Waals surface area contributed by atoms with E-state index in [0.717, 1.165) is 16.0 Å². The number of amides is 2. The van der Waals surface area contributed by atoms with Crippen LogP contribution in [0.15, 0.2) is 18.2 Å². The van der Waals surface area contributed by atoms with Gasteiger partial charge in [0.05, 0.1) is 18.5 Å². The van der Waals surface area contributed by atoms with E-state index in [1.807, 2.05) is 6.07 Å². The fraction of sp³-hybridized carbons (Fsp3) is 0.308. The predicted molar refractivity (Wildman–Crippen MR) is 65.8 cm³/mol. The summed E-state index contributed by atoms with van der Waals surface area (Å²) in [5.41, 5.74) is 7.81. The van der Waals surface area contributed by atoms with E-state index in [1.165, 1.54) is 6.92 Å². The predicted octanol–water partition coefficient (Wildman–Crippen LogP) is 0.540. The number of imide groups is 1. The van der Waals surface area contributed by atoms with E-state index in [9.17, 15) is 14.4 Å². The first-order chi connectivity index (χ1) is 8.52. The average molecular weight is 246 g/mol. The smallest absolute Gasteiger partial charge is 0.241 e. The maximum Gasteiger partial charge on any atom is 0.241 e. The number of ketones is 1. The second-order valence-corrected chi connectivity index (χ2v) is 4.35. The van der Waals surface area contributed by atoms with E-state index in [4.69, 9.17) is 5.73 Å². The van der Waals surface area contributed by atoms with Crippen LogP contribution in [-0.4, -0.2) is 17.6 Å². The number of fused-ring (bicyclic) bond motifs is 1. The van der Waals surface area contributed by atoms with Gasteiger partial charge in [0.25, 0.3) is 0 Å². The van der Waals surface area contributed by atoms with Crippen LogP contribution in [0.1, 0.15) is 24.5 Å². The summed E-state index contributed by atoms with van der Waals surface area (Å²) in [6, 6.07) is 5.32. The van der Waals surface area contributed by atoms with Gasteiger partial charge in [0.1, 0.15) is 5.78 Å². The quantitative estimate of drug-likeness (QED) is 0.789. The van der Waals surface area contributed by atoms with E-state index < -0.39 is 5.91 Å². The Morgan fingerprint density at radius 1 is 1.39 bits per heavy atom. The highest BCUT2D eigenvalue weighted by molar-refractivity contribution is 6.22. The van der Waals surface area contributed by atoms with Crippen LogP contribution < -0.4 is 10.6 Å². The summed E-state index contributed by atoms with van der Waals surface area (Å²) in [6.07, 6.45) is -0.0589. The molecule has 0 fully saturated rings. The highest BCUT2D eigenvalue weighted by Crippen LogP contribution is 2.30. The molecular weight excluding hydrogens is 232 g/mol. The molecule has 5 nitrogen and oxygen atoms in total. The number of carbonyl (C=O) groups excluding carboxylic acids is 3. The van der Waals surface area contributed by atoms with Crippen LogP contribution >= 0.6 is 0 Å². The second-order valence-electron chi connectivity index (χ2n) is 4.35. The van der Waals surface area contributed by atoms with Gasteiger partial charge in [0, 0.05) is 6.54 Å². The first-order valence-electron chi connectivity index (χ1n) is 5.70. The molecule has 18 heavy (non-hydrogen) atoms. The lowest BCUT2D eigenvalue weighted by Gasteiger charge is -2.14. The molecular formula is C13H14N2O3. The second kappa shape index (κ2) is 4.70. The summed E-state index contributed by atoms with van der Waals surface area (Å²) in [4.78, 5) is 35.7. The lowest BCUT2D eigenvalue weighted by molar-refractivity contribution is -0.128. The number of hydrogen-bond acceptors (Lipinski definition) is 4. The van der Waals surface area contributed by atoms with E-state index in [1.54, 1.807) is 12.1 Å². The molecule has 0 aliphatic carbocycles. The number of carbonyl (C=O) groups is 3. The molecule has 0 bridgehead atoms. The minimum atomic E-state index is -0.466. The van der Waals surface area contributed by atoms with Crippen LogP contribution in [0.3, 0.4) is 0 Å². The van der Waals surface area contributed by atoms with Gasteiger partial charge in [-0.25, -0.2) is 4.90 Å². The minimum absolute atomic E-state index is 0.187. The lowest BCUT2D eigenvalue weighted by atomic mass is 10.1. The van der Waals surface area contributed by atoms with Crippen molar-refractivity contribution in [3.8, 4) is 0 Å². The van der Waals surface area contributed by atoms with Crippen molar-refractivity contribution in [2.45, 2.75) is 26.3 Å². The fourth-order valence-electron chi connectivity index (χ4n) is 2.07. The Morgan fingerprint density at radius 3 is 2.72 bits per heavy atom. The third-order valence-electron chi connectivity index (χ3n) is 2.86. The number of nitrogens with zero attached hydrogens (tertiary/aromatic N) is 1. The van der Waals surface area contributed by atoms with E-state index in [2.05, 4.69) is 0 Å². The number of nitrogens with two attached hydrogens (primary N) is 1. The first kappa shape index (κ1) is 12.4. The molecule has 2 rings (SSSR count). The summed E-state index contributed by atoms with van der Waals surface area (Å²) in [5.74, 6) is -1.00. The molecule has 1 aliphatic rings. The summed E-state index contributed by atoms with van der Waals surface area (Å²) < 4.78 is 0. The molecule has 0 spiro atoms. The van der Waals surface area contributed by atoms with Gasteiger partial charge >= 0.3 is 0 Å². The van der Waals surface area contributed by atoms with Gasteiger partial charge in [0.2, 0.25) is 11.8 Å². The third kappa shape index (κ3) is 2.17. The Hall–Kier alpha value is -2.01. The SMILES string of the molecule is CC(=O)CC(=O)N1C(=O)Cc2cc(CN)ccc21. The molecule has 0 saturated heterocycles. The zero-order chi connectivity index (χ0) is 13.3. The van der Waals surface area contributed by atoms with Crippen LogP contribution in [0.4, 0.5) is 5.69 Å². The zero-order valence-corrected chi connectivity index (χ0v) is 10.1. The summed E-state index contributed by atoms with van der Waals surface area (Å²) in [5, 5.41) is 0. The third-order valence-corrected chi connectivity index (χ3v) is 2.86. The Bertz CT molecular complexity index is 537. The summed E-state index contributed by atoms with van der Waals surface area (Å²) >= 11 is 0. The molecule has 0 saturated carbocycles. The molecule has 0 aromatic heterocycles. The highest BCUT2D eigenvalue weighted by atomic mass is 16.2. The van der Waals surface area contributed by atoms with Gasteiger partial charge in [-0.3, -0.25) is 14.4 Å². The van der Waals surface area contributed by atoms with Crippen molar-refractivity contribution in [2.75, 3.05) is 4.90 Å². The Morgan fingerprint density at radius 2 is 2.11 bits per heavy atom. The van der Waals surface area contributed by atoms with Gasteiger partial charge in [-0.2, -0.15) is 0 Å². The topological polar surface area (TPSA) is 80.5 Å². The van der Waals surface area contributed by atoms with Crippen molar-refractivity contribution in [1.82, 2.24) is 0 Å². The van der Waals surface area contributed by atoms with Gasteiger partial charge in [-0.05, 0) is 24.1 Å². The van der Waals surface area contributed by atoms with E-state index in [-0.39, 0.29) is 24.5 Å². The number of hydrogen-bond donors (Lipinski definition) is 1. The molecule has 2 amide bonds. The molecule has 1 aliphatic heterocycles. The Labute approximate surface area is 105 Å². The molecule has 94 valence electrons. The number of rotatable bonds is 3. The molecule has 0 unspecified atom stereocenters. The van der Waals surface area contributed by atoms with Gasteiger partial charge in [0.15, 0.2) is 0 Å². The Kier molecular flexibility index (Phi) is 3.25. The monoisotopic (exact) mass is 246 g/mol. The van der Waals surface area contributed by atoms with Crippen LogP contribution in [0, 0.1) is 0 Å². The normalized spacial score (nSPS) is 13.7. The van der Waals surface area contributed by atoms with Crippen LogP contribution in [0.2, 0.25) is 0 Å². The largest absolute Gasteiger partial charge is 0.326 e. The molecule has 5 heteroatoms. The van der Waals surface area contributed by atoms with Gasteiger partial charge in [-0.1, -0.05) is 12.1 Å². The zero-order valence-electron chi connectivity index (χ0n) is 10.1. The highest BCUT2D eigenvalue weighted by Gasteiger charge is 2.32. The molecule has 2 N–H and O–H groups in total. The molecule has 1 aromatic carbocycles. The minimum Gasteiger partial charge on any atom is -0.326 e. The lowest BCUT2D eigenvalue weighted by Crippen LogP contribution is -2.34. The van der Waals surface area contributed by atoms with Crippen molar-refractivity contribution in [3.05, 3.63) is 29.3 Å². The Balaban J connectivity index is 2.33. The molecule has 0 radical (unpaired) electrons. The number of anilines is 1. The average Bonchev–Trinajstić information content (AvgIpc) is 2.62. The van der Waals surface area contributed by atoms with Gasteiger partial charge < -0.3 is 5.73 Å². The van der Waals surface area contributed by atoms with Crippen molar-refractivity contribution in [1.29, 1.82) is 0 Å². The van der Waals surface area contributed by atoms with Gasteiger partial charge in [-0.15, -0.1) is 0 Å². The van der Waals surface area contributed by atoms with Crippen molar-refractivity contribution in [2.24, 2.45) is 5.73 Å². The number of Topliss-reactive ketones (excluding diaryl/α,β-unsaturated/α-hetero) is 1. The maximum atomic E-state index is 11.8. The molecule has 1 heterocycles. The summed E-state index contributed by atoms with van der Waals surface area (Å²) in [7, 11) is 0. The maximum absolute atomic E-state index is 11.8.